The third kappa shape index (κ3) is 6.05. The Kier molecular flexibility index (Phi) is 7.37. The molecule has 0 aromatic heterocycles. The van der Waals surface area contributed by atoms with E-state index in [0.717, 1.165) is 11.6 Å². The van der Waals surface area contributed by atoms with Crippen LogP contribution in [-0.2, 0) is 16.1 Å². The van der Waals surface area contributed by atoms with Gasteiger partial charge in [-0.3, -0.25) is 14.9 Å². The van der Waals surface area contributed by atoms with Gasteiger partial charge in [-0.25, -0.2) is 4.79 Å². The van der Waals surface area contributed by atoms with Crippen LogP contribution in [0.4, 0.5) is 17.1 Å². The van der Waals surface area contributed by atoms with E-state index in [2.05, 4.69) is 10.6 Å². The van der Waals surface area contributed by atoms with Crippen LogP contribution in [0.3, 0.4) is 0 Å². The van der Waals surface area contributed by atoms with Gasteiger partial charge in [-0.1, -0.05) is 36.4 Å². The van der Waals surface area contributed by atoms with E-state index in [4.69, 9.17) is 9.47 Å². The molecule has 0 fully saturated rings. The lowest BCUT2D eigenvalue weighted by molar-refractivity contribution is -0.384. The van der Waals surface area contributed by atoms with E-state index in [1.807, 2.05) is 30.3 Å². The van der Waals surface area contributed by atoms with Gasteiger partial charge in [0.1, 0.15) is 5.75 Å². The van der Waals surface area contributed by atoms with Crippen molar-refractivity contribution in [3.8, 4) is 5.75 Å². The molecule has 9 heteroatoms. The van der Waals surface area contributed by atoms with Crippen LogP contribution in [-0.4, -0.2) is 30.5 Å². The Morgan fingerprint density at radius 2 is 1.78 bits per heavy atom. The maximum Gasteiger partial charge on any atom is 0.341 e. The predicted molar refractivity (Wildman–Crippen MR) is 119 cm³/mol. The zero-order chi connectivity index (χ0) is 22.9. The van der Waals surface area contributed by atoms with Gasteiger partial charge < -0.3 is 20.1 Å². The summed E-state index contributed by atoms with van der Waals surface area (Å²) >= 11 is 0. The number of hydrogen-bond donors (Lipinski definition) is 2. The van der Waals surface area contributed by atoms with Crippen LogP contribution in [0.5, 0.6) is 5.75 Å². The number of nitro benzene ring substituents is 1. The fraction of sp³-hybridized carbons (Fsp3) is 0.130. The van der Waals surface area contributed by atoms with Gasteiger partial charge in [0, 0.05) is 36.1 Å². The van der Waals surface area contributed by atoms with E-state index in [0.29, 0.717) is 23.7 Å². The van der Waals surface area contributed by atoms with Crippen molar-refractivity contribution >= 4 is 28.9 Å². The molecule has 0 radical (unpaired) electrons. The van der Waals surface area contributed by atoms with Gasteiger partial charge in [-0.15, -0.1) is 0 Å². The molecule has 164 valence electrons. The fourth-order valence-electron chi connectivity index (χ4n) is 2.87. The standard InChI is InChI=1S/C23H21N3O6/c1-31-19-9-5-8-17(12-19)25-22(27)15-32-23(28)20-13-18(26(29)30)10-11-21(20)24-14-16-6-3-2-4-7-16/h2-13,24H,14-15H2,1H3,(H,25,27). The number of carbonyl (C=O) groups is 2. The van der Waals surface area contributed by atoms with E-state index < -0.39 is 23.4 Å². The normalized spacial score (nSPS) is 10.2. The SMILES string of the molecule is COc1cccc(NC(=O)COC(=O)c2cc([N+](=O)[O-])ccc2NCc2ccccc2)c1. The van der Waals surface area contributed by atoms with Crippen LogP contribution < -0.4 is 15.4 Å². The van der Waals surface area contributed by atoms with Gasteiger partial charge in [0.05, 0.1) is 17.6 Å². The summed E-state index contributed by atoms with van der Waals surface area (Å²) < 4.78 is 10.2. The van der Waals surface area contributed by atoms with Crippen molar-refractivity contribution in [3.05, 3.63) is 94.0 Å². The number of ether oxygens (including phenoxy) is 2. The Morgan fingerprint density at radius 1 is 1.00 bits per heavy atom. The van der Waals surface area contributed by atoms with Crippen molar-refractivity contribution in [1.29, 1.82) is 0 Å². The number of nitrogens with zero attached hydrogens (tertiary/aromatic N) is 1. The topological polar surface area (TPSA) is 120 Å². The maximum atomic E-state index is 12.6. The lowest BCUT2D eigenvalue weighted by atomic mass is 10.1. The first-order valence-electron chi connectivity index (χ1n) is 9.63. The number of nitro groups is 1. The zero-order valence-corrected chi connectivity index (χ0v) is 17.2. The van der Waals surface area contributed by atoms with Crippen molar-refractivity contribution in [2.45, 2.75) is 6.54 Å². The summed E-state index contributed by atoms with van der Waals surface area (Å²) in [6.45, 7) is -0.161. The van der Waals surface area contributed by atoms with Gasteiger partial charge >= 0.3 is 5.97 Å². The number of esters is 1. The third-order valence-electron chi connectivity index (χ3n) is 4.45. The summed E-state index contributed by atoms with van der Waals surface area (Å²) in [7, 11) is 1.51. The van der Waals surface area contributed by atoms with E-state index >= 15 is 0 Å². The summed E-state index contributed by atoms with van der Waals surface area (Å²) in [4.78, 5) is 35.3. The lowest BCUT2D eigenvalue weighted by Gasteiger charge is -2.12. The van der Waals surface area contributed by atoms with Crippen molar-refractivity contribution < 1.29 is 24.0 Å². The number of carbonyl (C=O) groups excluding carboxylic acids is 2. The monoisotopic (exact) mass is 435 g/mol. The van der Waals surface area contributed by atoms with Gasteiger partial charge in [-0.05, 0) is 23.8 Å². The fourth-order valence-corrected chi connectivity index (χ4v) is 2.87. The largest absolute Gasteiger partial charge is 0.497 e. The quantitative estimate of drug-likeness (QED) is 0.296. The molecular weight excluding hydrogens is 414 g/mol. The molecule has 0 heterocycles. The van der Waals surface area contributed by atoms with E-state index in [9.17, 15) is 19.7 Å². The molecule has 3 aromatic carbocycles. The molecule has 2 N–H and O–H groups in total. The maximum absolute atomic E-state index is 12.6. The number of nitrogens with one attached hydrogen (secondary N) is 2. The minimum Gasteiger partial charge on any atom is -0.497 e. The predicted octanol–water partition coefficient (Wildman–Crippen LogP) is 4.01. The van der Waals surface area contributed by atoms with Crippen molar-refractivity contribution in [2.75, 3.05) is 24.4 Å². The first kappa shape index (κ1) is 22.3. The van der Waals surface area contributed by atoms with Crippen LogP contribution in [0.15, 0.2) is 72.8 Å². The number of anilines is 2. The molecule has 0 unspecified atom stereocenters. The van der Waals surface area contributed by atoms with E-state index in [1.54, 1.807) is 24.3 Å². The van der Waals surface area contributed by atoms with Crippen molar-refractivity contribution in [2.24, 2.45) is 0 Å². The van der Waals surface area contributed by atoms with Crippen molar-refractivity contribution in [3.63, 3.8) is 0 Å². The number of benzene rings is 3. The molecule has 0 spiro atoms. The van der Waals surface area contributed by atoms with Gasteiger partial charge in [0.25, 0.3) is 11.6 Å². The summed E-state index contributed by atoms with van der Waals surface area (Å²) in [6.07, 6.45) is 0. The number of hydrogen-bond acceptors (Lipinski definition) is 7. The highest BCUT2D eigenvalue weighted by molar-refractivity contribution is 5.99. The molecule has 0 saturated carbocycles. The van der Waals surface area contributed by atoms with Crippen LogP contribution in [0.25, 0.3) is 0 Å². The first-order valence-corrected chi connectivity index (χ1v) is 9.63. The number of non-ortho nitro benzene ring substituents is 1. The molecule has 32 heavy (non-hydrogen) atoms. The van der Waals surface area contributed by atoms with Crippen LogP contribution in [0.1, 0.15) is 15.9 Å². The van der Waals surface area contributed by atoms with Crippen molar-refractivity contribution in [1.82, 2.24) is 0 Å². The Hall–Kier alpha value is -4.40. The Morgan fingerprint density at radius 3 is 2.50 bits per heavy atom. The number of rotatable bonds is 9. The van der Waals surface area contributed by atoms with Crippen LogP contribution in [0, 0.1) is 10.1 Å². The first-order chi connectivity index (χ1) is 15.5. The molecule has 9 nitrogen and oxygen atoms in total. The molecule has 3 aromatic rings. The summed E-state index contributed by atoms with van der Waals surface area (Å²) in [6, 6.07) is 20.0. The van der Waals surface area contributed by atoms with E-state index in [1.165, 1.54) is 19.2 Å². The highest BCUT2D eigenvalue weighted by atomic mass is 16.6. The Balaban J connectivity index is 1.68. The molecular formula is C23H21N3O6. The number of amides is 1. The second-order valence-corrected chi connectivity index (χ2v) is 6.68. The highest BCUT2D eigenvalue weighted by Gasteiger charge is 2.19. The Bertz CT molecular complexity index is 1120. The highest BCUT2D eigenvalue weighted by Crippen LogP contribution is 2.24. The van der Waals surface area contributed by atoms with Crippen LogP contribution in [0.2, 0.25) is 0 Å². The summed E-state index contributed by atoms with van der Waals surface area (Å²) in [5.41, 5.74) is 1.50. The number of methoxy groups -OCH3 is 1. The second kappa shape index (κ2) is 10.6. The average molecular weight is 435 g/mol. The van der Waals surface area contributed by atoms with Gasteiger partial charge in [0.15, 0.2) is 6.61 Å². The second-order valence-electron chi connectivity index (χ2n) is 6.68. The third-order valence-corrected chi connectivity index (χ3v) is 4.45. The molecule has 0 aliphatic rings. The molecule has 0 atom stereocenters. The average Bonchev–Trinajstić information content (AvgIpc) is 2.81. The van der Waals surface area contributed by atoms with Gasteiger partial charge in [0.2, 0.25) is 0 Å². The molecule has 0 bridgehead atoms. The lowest BCUT2D eigenvalue weighted by Crippen LogP contribution is -2.21. The molecule has 0 aliphatic carbocycles. The molecule has 1 amide bonds. The summed E-state index contributed by atoms with van der Waals surface area (Å²) in [5, 5.41) is 16.8. The molecule has 0 saturated heterocycles. The summed E-state index contributed by atoms with van der Waals surface area (Å²) in [5.74, 6) is -0.855. The smallest absolute Gasteiger partial charge is 0.341 e. The Labute approximate surface area is 184 Å². The molecule has 3 rings (SSSR count). The van der Waals surface area contributed by atoms with Gasteiger partial charge in [-0.2, -0.15) is 0 Å². The minimum atomic E-state index is -0.856. The van der Waals surface area contributed by atoms with E-state index in [-0.39, 0.29) is 11.3 Å². The zero-order valence-electron chi connectivity index (χ0n) is 17.2. The minimum absolute atomic E-state index is 0.0377. The molecule has 0 aliphatic heterocycles. The van der Waals surface area contributed by atoms with Crippen LogP contribution >= 0.6 is 0 Å².